The van der Waals surface area contributed by atoms with Crippen LogP contribution in [0.5, 0.6) is 5.75 Å². The molecule has 7 nitrogen and oxygen atoms in total. The molecule has 1 atom stereocenters. The maximum Gasteiger partial charge on any atom is 0.311 e. The molecule has 0 bridgehead atoms. The normalized spacial score (nSPS) is 14.7. The Morgan fingerprint density at radius 2 is 1.87 bits per heavy atom. The first kappa shape index (κ1) is 21.6. The van der Waals surface area contributed by atoms with E-state index in [0.29, 0.717) is 24.5 Å². The van der Waals surface area contributed by atoms with Gasteiger partial charge in [-0.3, -0.25) is 9.59 Å². The summed E-state index contributed by atoms with van der Waals surface area (Å²) in [6, 6.07) is 11.7. The Morgan fingerprint density at radius 1 is 1.17 bits per heavy atom. The minimum absolute atomic E-state index is 0.0968. The molecule has 2 aromatic carbocycles. The molecule has 2 aromatic rings. The Morgan fingerprint density at radius 3 is 2.50 bits per heavy atom. The van der Waals surface area contributed by atoms with Gasteiger partial charge in [-0.05, 0) is 48.9 Å². The summed E-state index contributed by atoms with van der Waals surface area (Å²) < 4.78 is 29.1. The molecule has 160 valence electrons. The number of amides is 1. The number of methoxy groups -OCH3 is 1. The highest BCUT2D eigenvalue weighted by Crippen LogP contribution is 2.20. The molecule has 1 heterocycles. The number of morpholine rings is 1. The van der Waals surface area contributed by atoms with Crippen LogP contribution in [0.15, 0.2) is 42.5 Å². The first-order chi connectivity index (χ1) is 14.5. The van der Waals surface area contributed by atoms with Gasteiger partial charge in [-0.25, -0.2) is 4.39 Å². The maximum atomic E-state index is 13.7. The second kappa shape index (κ2) is 10.1. The van der Waals surface area contributed by atoms with Gasteiger partial charge in [-0.15, -0.1) is 0 Å². The highest BCUT2D eigenvalue weighted by atomic mass is 19.1. The van der Waals surface area contributed by atoms with Gasteiger partial charge in [0.05, 0.1) is 26.7 Å². The van der Waals surface area contributed by atoms with Gasteiger partial charge in [-0.1, -0.05) is 6.07 Å². The van der Waals surface area contributed by atoms with E-state index in [4.69, 9.17) is 14.2 Å². The van der Waals surface area contributed by atoms with Crippen LogP contribution in [0.2, 0.25) is 0 Å². The summed E-state index contributed by atoms with van der Waals surface area (Å²) in [7, 11) is 1.36. The molecule has 0 unspecified atom stereocenters. The van der Waals surface area contributed by atoms with Crippen molar-refractivity contribution in [1.82, 2.24) is 0 Å². The van der Waals surface area contributed by atoms with Crippen molar-refractivity contribution >= 4 is 23.3 Å². The van der Waals surface area contributed by atoms with Crippen LogP contribution in [0.3, 0.4) is 0 Å². The highest BCUT2D eigenvalue weighted by molar-refractivity contribution is 5.95. The third kappa shape index (κ3) is 5.70. The van der Waals surface area contributed by atoms with Crippen molar-refractivity contribution in [2.45, 2.75) is 19.4 Å². The van der Waals surface area contributed by atoms with Crippen molar-refractivity contribution in [3.63, 3.8) is 0 Å². The molecule has 8 heteroatoms. The summed E-state index contributed by atoms with van der Waals surface area (Å²) in [5.41, 5.74) is 2.10. The van der Waals surface area contributed by atoms with Gasteiger partial charge in [0.15, 0.2) is 17.7 Å². The first-order valence-corrected chi connectivity index (χ1v) is 9.72. The molecule has 0 radical (unpaired) electrons. The number of ether oxygens (including phenoxy) is 3. The molecular weight excluding hydrogens is 391 g/mol. The Balaban J connectivity index is 1.50. The van der Waals surface area contributed by atoms with Crippen molar-refractivity contribution in [2.75, 3.05) is 43.6 Å². The number of nitrogens with zero attached hydrogens (tertiary/aromatic N) is 1. The summed E-state index contributed by atoms with van der Waals surface area (Å²) in [5, 5.41) is 2.73. The van der Waals surface area contributed by atoms with Gasteiger partial charge in [0, 0.05) is 24.5 Å². The fourth-order valence-electron chi connectivity index (χ4n) is 3.10. The fraction of sp³-hybridized carbons (Fsp3) is 0.364. The monoisotopic (exact) mass is 416 g/mol. The van der Waals surface area contributed by atoms with E-state index in [1.54, 1.807) is 18.2 Å². The molecule has 1 amide bonds. The molecule has 0 aromatic heterocycles. The van der Waals surface area contributed by atoms with Gasteiger partial charge in [0.2, 0.25) is 0 Å². The Bertz CT molecular complexity index is 882. The number of esters is 1. The van der Waals surface area contributed by atoms with E-state index >= 15 is 0 Å². The Kier molecular flexibility index (Phi) is 7.24. The van der Waals surface area contributed by atoms with Crippen molar-refractivity contribution in [3.8, 4) is 5.75 Å². The lowest BCUT2D eigenvalue weighted by Gasteiger charge is -2.28. The summed E-state index contributed by atoms with van der Waals surface area (Å²) in [6.07, 6.45) is -1.13. The van der Waals surface area contributed by atoms with Crippen LogP contribution in [0, 0.1) is 5.82 Å². The van der Waals surface area contributed by atoms with Gasteiger partial charge in [0.25, 0.3) is 5.91 Å². The first-order valence-electron chi connectivity index (χ1n) is 9.72. The highest BCUT2D eigenvalue weighted by Gasteiger charge is 2.19. The van der Waals surface area contributed by atoms with Crippen molar-refractivity contribution in [2.24, 2.45) is 0 Å². The number of hydrogen-bond acceptors (Lipinski definition) is 6. The summed E-state index contributed by atoms with van der Waals surface area (Å²) in [6.45, 7) is 4.55. The van der Waals surface area contributed by atoms with Crippen molar-refractivity contribution in [1.29, 1.82) is 0 Å². The van der Waals surface area contributed by atoms with Crippen molar-refractivity contribution < 1.29 is 28.2 Å². The van der Waals surface area contributed by atoms with Crippen LogP contribution in [0.25, 0.3) is 0 Å². The molecule has 0 saturated carbocycles. The third-order valence-electron chi connectivity index (χ3n) is 4.75. The average Bonchev–Trinajstić information content (AvgIpc) is 2.75. The zero-order valence-electron chi connectivity index (χ0n) is 17.0. The smallest absolute Gasteiger partial charge is 0.311 e. The van der Waals surface area contributed by atoms with E-state index < -0.39 is 23.8 Å². The number of rotatable bonds is 7. The number of benzene rings is 2. The zero-order valence-corrected chi connectivity index (χ0v) is 17.0. The molecule has 1 N–H and O–H groups in total. The van der Waals surface area contributed by atoms with Gasteiger partial charge in [0.1, 0.15) is 0 Å². The lowest BCUT2D eigenvalue weighted by atomic mass is 10.1. The van der Waals surface area contributed by atoms with Gasteiger partial charge >= 0.3 is 5.97 Å². The van der Waals surface area contributed by atoms with Gasteiger partial charge in [-0.2, -0.15) is 0 Å². The standard InChI is InChI=1S/C22H25FN2O5/c1-15(30-21(26)14-16-3-8-20(28-2)19(23)13-16)22(27)24-17-4-6-18(7-5-17)25-9-11-29-12-10-25/h3-8,13,15H,9-12,14H2,1-2H3,(H,24,27)/t15-/m1/s1. The van der Waals surface area contributed by atoms with E-state index in [1.807, 2.05) is 12.1 Å². The molecule has 1 fully saturated rings. The molecule has 0 aliphatic carbocycles. The molecule has 3 rings (SSSR count). The van der Waals surface area contributed by atoms with Crippen LogP contribution in [-0.2, 0) is 25.5 Å². The second-order valence-electron chi connectivity index (χ2n) is 6.91. The molecular formula is C22H25FN2O5. The SMILES string of the molecule is COc1ccc(CC(=O)O[C@H](C)C(=O)Nc2ccc(N3CCOCC3)cc2)cc1F. The number of nitrogens with one attached hydrogen (secondary N) is 1. The quantitative estimate of drug-likeness (QED) is 0.700. The molecule has 0 spiro atoms. The number of carbonyl (C=O) groups is 2. The number of hydrogen-bond donors (Lipinski definition) is 1. The van der Waals surface area contributed by atoms with Crippen LogP contribution in [-0.4, -0.2) is 51.4 Å². The van der Waals surface area contributed by atoms with Gasteiger partial charge < -0.3 is 24.4 Å². The maximum absolute atomic E-state index is 13.7. The lowest BCUT2D eigenvalue weighted by Crippen LogP contribution is -2.36. The Hall–Kier alpha value is -3.13. The zero-order chi connectivity index (χ0) is 21.5. The topological polar surface area (TPSA) is 77.1 Å². The number of anilines is 2. The van der Waals surface area contributed by atoms with Crippen LogP contribution >= 0.6 is 0 Å². The van der Waals surface area contributed by atoms with E-state index in [-0.39, 0.29) is 12.2 Å². The average molecular weight is 416 g/mol. The largest absolute Gasteiger partial charge is 0.494 e. The van der Waals surface area contributed by atoms with E-state index in [9.17, 15) is 14.0 Å². The lowest BCUT2D eigenvalue weighted by molar-refractivity contribution is -0.152. The number of carbonyl (C=O) groups excluding carboxylic acids is 2. The fourth-order valence-corrected chi connectivity index (χ4v) is 3.10. The summed E-state index contributed by atoms with van der Waals surface area (Å²) >= 11 is 0. The third-order valence-corrected chi connectivity index (χ3v) is 4.75. The Labute approximate surface area is 174 Å². The van der Waals surface area contributed by atoms with E-state index in [1.165, 1.54) is 26.2 Å². The predicted molar refractivity (Wildman–Crippen MR) is 110 cm³/mol. The predicted octanol–water partition coefficient (Wildman–Crippen LogP) is 2.78. The molecule has 30 heavy (non-hydrogen) atoms. The van der Waals surface area contributed by atoms with E-state index in [2.05, 4.69) is 10.2 Å². The minimum Gasteiger partial charge on any atom is -0.494 e. The molecule has 1 aliphatic rings. The summed E-state index contributed by atoms with van der Waals surface area (Å²) in [5.74, 6) is -1.53. The van der Waals surface area contributed by atoms with Crippen LogP contribution < -0.4 is 15.0 Å². The molecule has 1 saturated heterocycles. The number of halogens is 1. The van der Waals surface area contributed by atoms with Crippen LogP contribution in [0.1, 0.15) is 12.5 Å². The van der Waals surface area contributed by atoms with E-state index in [0.717, 1.165) is 18.8 Å². The second-order valence-corrected chi connectivity index (χ2v) is 6.91. The van der Waals surface area contributed by atoms with Crippen molar-refractivity contribution in [3.05, 3.63) is 53.8 Å². The summed E-state index contributed by atoms with van der Waals surface area (Å²) in [4.78, 5) is 26.6. The van der Waals surface area contributed by atoms with Crippen LogP contribution in [0.4, 0.5) is 15.8 Å². The molecule has 1 aliphatic heterocycles. The minimum atomic E-state index is -0.987.